The standard InChI is InChI=1S/C17H16N2O/c1-3-13-7-6-8-14(11-13)20-16-10-5-4-9-15-17(16)12(2)18-19-15/h3-9,11,19H,1,10H2,2H3. The molecule has 0 unspecified atom stereocenters. The van der Waals surface area contributed by atoms with E-state index in [0.29, 0.717) is 0 Å². The number of aromatic nitrogens is 2. The van der Waals surface area contributed by atoms with E-state index in [1.807, 2.05) is 49.4 Å². The number of benzene rings is 1. The summed E-state index contributed by atoms with van der Waals surface area (Å²) in [5.41, 5.74) is 2.00. The van der Waals surface area contributed by atoms with Crippen molar-refractivity contribution in [3.63, 3.8) is 0 Å². The first-order valence-corrected chi connectivity index (χ1v) is 6.59. The van der Waals surface area contributed by atoms with Crippen LogP contribution >= 0.6 is 0 Å². The third kappa shape index (κ3) is 2.30. The normalized spacial score (nSPS) is 13.3. The van der Waals surface area contributed by atoms with Gasteiger partial charge in [0.15, 0.2) is 0 Å². The Labute approximate surface area is 117 Å². The second-order valence-electron chi connectivity index (χ2n) is 4.70. The number of hydrogen-bond acceptors (Lipinski definition) is 2. The lowest BCUT2D eigenvalue weighted by Crippen LogP contribution is -2.27. The van der Waals surface area contributed by atoms with E-state index in [1.165, 1.54) is 0 Å². The largest absolute Gasteiger partial charge is 0.461 e. The summed E-state index contributed by atoms with van der Waals surface area (Å²) in [4.78, 5) is 0. The first kappa shape index (κ1) is 12.5. The van der Waals surface area contributed by atoms with Gasteiger partial charge in [-0.3, -0.25) is 5.10 Å². The molecule has 1 aliphatic rings. The Morgan fingerprint density at radius 3 is 3.15 bits per heavy atom. The SMILES string of the molecule is C=Cc1cccc(OC2=c3c(C)n[nH]c3=CC=CC2)c1. The molecule has 3 nitrogen and oxygen atoms in total. The van der Waals surface area contributed by atoms with Gasteiger partial charge >= 0.3 is 0 Å². The molecule has 3 rings (SSSR count). The van der Waals surface area contributed by atoms with Gasteiger partial charge in [-0.05, 0) is 30.7 Å². The summed E-state index contributed by atoms with van der Waals surface area (Å²) in [7, 11) is 0. The summed E-state index contributed by atoms with van der Waals surface area (Å²) in [5.74, 6) is 1.73. The molecule has 20 heavy (non-hydrogen) atoms. The fourth-order valence-corrected chi connectivity index (χ4v) is 2.30. The van der Waals surface area contributed by atoms with Crippen LogP contribution in [0.1, 0.15) is 17.7 Å². The van der Waals surface area contributed by atoms with Crippen molar-refractivity contribution in [2.45, 2.75) is 13.3 Å². The zero-order valence-corrected chi connectivity index (χ0v) is 11.4. The predicted molar refractivity (Wildman–Crippen MR) is 81.4 cm³/mol. The molecule has 0 saturated heterocycles. The van der Waals surface area contributed by atoms with E-state index in [-0.39, 0.29) is 0 Å². The minimum atomic E-state index is 0.752. The highest BCUT2D eigenvalue weighted by Gasteiger charge is 2.08. The number of aromatic amines is 1. The number of fused-ring (bicyclic) bond motifs is 1. The minimum absolute atomic E-state index is 0.752. The Morgan fingerprint density at radius 2 is 2.30 bits per heavy atom. The molecule has 0 radical (unpaired) electrons. The molecule has 0 spiro atoms. The van der Waals surface area contributed by atoms with E-state index in [9.17, 15) is 0 Å². The van der Waals surface area contributed by atoms with Gasteiger partial charge in [0.25, 0.3) is 0 Å². The number of nitrogens with zero attached hydrogens (tertiary/aromatic N) is 1. The van der Waals surface area contributed by atoms with Crippen LogP contribution in [-0.2, 0) is 0 Å². The van der Waals surface area contributed by atoms with Gasteiger partial charge < -0.3 is 4.74 Å². The van der Waals surface area contributed by atoms with Gasteiger partial charge in [0.1, 0.15) is 11.5 Å². The Morgan fingerprint density at radius 1 is 1.40 bits per heavy atom. The van der Waals surface area contributed by atoms with Gasteiger partial charge in [-0.15, -0.1) is 0 Å². The van der Waals surface area contributed by atoms with Crippen molar-refractivity contribution in [3.05, 3.63) is 64.8 Å². The zero-order chi connectivity index (χ0) is 13.9. The molecule has 0 aliphatic heterocycles. The molecule has 1 N–H and O–H groups in total. The number of nitrogens with one attached hydrogen (secondary N) is 1. The van der Waals surface area contributed by atoms with E-state index < -0.39 is 0 Å². The first-order chi connectivity index (χ1) is 9.78. The summed E-state index contributed by atoms with van der Waals surface area (Å²) < 4.78 is 6.08. The maximum absolute atomic E-state index is 6.08. The lowest BCUT2D eigenvalue weighted by Gasteiger charge is -2.08. The first-order valence-electron chi connectivity index (χ1n) is 6.59. The Balaban J connectivity index is 2.09. The second-order valence-corrected chi connectivity index (χ2v) is 4.70. The van der Waals surface area contributed by atoms with Crippen LogP contribution in [0.3, 0.4) is 0 Å². The molecule has 1 heterocycles. The molecular formula is C17H16N2O. The average Bonchev–Trinajstić information content (AvgIpc) is 2.71. The topological polar surface area (TPSA) is 37.9 Å². The average molecular weight is 264 g/mol. The molecule has 1 aliphatic carbocycles. The van der Waals surface area contributed by atoms with Crippen LogP contribution in [0, 0.1) is 6.92 Å². The van der Waals surface area contributed by atoms with Crippen LogP contribution in [0.2, 0.25) is 0 Å². The monoisotopic (exact) mass is 264 g/mol. The van der Waals surface area contributed by atoms with Gasteiger partial charge in [-0.2, -0.15) is 5.10 Å². The van der Waals surface area contributed by atoms with Gasteiger partial charge in [-0.1, -0.05) is 36.9 Å². The summed E-state index contributed by atoms with van der Waals surface area (Å²) >= 11 is 0. The van der Waals surface area contributed by atoms with Crippen LogP contribution in [0.5, 0.6) is 5.75 Å². The van der Waals surface area contributed by atoms with Crippen LogP contribution in [-0.4, -0.2) is 10.2 Å². The molecule has 0 bridgehead atoms. The van der Waals surface area contributed by atoms with Gasteiger partial charge in [0, 0.05) is 6.42 Å². The lowest BCUT2D eigenvalue weighted by atomic mass is 10.2. The van der Waals surface area contributed by atoms with E-state index in [4.69, 9.17) is 4.74 Å². The van der Waals surface area contributed by atoms with Crippen LogP contribution < -0.4 is 15.3 Å². The minimum Gasteiger partial charge on any atom is -0.461 e. The van der Waals surface area contributed by atoms with Crippen molar-refractivity contribution in [2.24, 2.45) is 0 Å². The molecule has 0 atom stereocenters. The molecular weight excluding hydrogens is 248 g/mol. The second kappa shape index (κ2) is 5.21. The van der Waals surface area contributed by atoms with E-state index in [2.05, 4.69) is 22.9 Å². The van der Waals surface area contributed by atoms with E-state index in [0.717, 1.165) is 39.8 Å². The van der Waals surface area contributed by atoms with E-state index >= 15 is 0 Å². The zero-order valence-electron chi connectivity index (χ0n) is 11.4. The van der Waals surface area contributed by atoms with Crippen molar-refractivity contribution in [3.8, 4) is 5.75 Å². The van der Waals surface area contributed by atoms with Crippen LogP contribution in [0.25, 0.3) is 17.9 Å². The number of allylic oxidation sites excluding steroid dienone is 1. The fraction of sp³-hybridized carbons (Fsp3) is 0.118. The Bertz CT molecular complexity index is 797. The fourth-order valence-electron chi connectivity index (χ4n) is 2.30. The van der Waals surface area contributed by atoms with Gasteiger partial charge in [-0.25, -0.2) is 0 Å². The summed E-state index contributed by atoms with van der Waals surface area (Å²) in [5, 5.41) is 9.34. The summed E-state index contributed by atoms with van der Waals surface area (Å²) in [6.45, 7) is 5.77. The highest BCUT2D eigenvalue weighted by Crippen LogP contribution is 2.18. The van der Waals surface area contributed by atoms with Crippen molar-refractivity contribution in [2.75, 3.05) is 0 Å². The number of H-pyrrole nitrogens is 1. The number of rotatable bonds is 3. The number of aryl methyl sites for hydroxylation is 1. The predicted octanol–water partition coefficient (Wildman–Crippen LogP) is 2.29. The van der Waals surface area contributed by atoms with Gasteiger partial charge in [0.2, 0.25) is 0 Å². The summed E-state index contributed by atoms with van der Waals surface area (Å²) in [6, 6.07) is 7.90. The Kier molecular flexibility index (Phi) is 3.25. The van der Waals surface area contributed by atoms with Crippen LogP contribution in [0.4, 0.5) is 0 Å². The van der Waals surface area contributed by atoms with Gasteiger partial charge in [0.05, 0.1) is 16.3 Å². The van der Waals surface area contributed by atoms with E-state index in [1.54, 1.807) is 0 Å². The van der Waals surface area contributed by atoms with Crippen molar-refractivity contribution in [1.29, 1.82) is 0 Å². The van der Waals surface area contributed by atoms with Crippen molar-refractivity contribution < 1.29 is 4.74 Å². The Hall–Kier alpha value is -2.55. The highest BCUT2D eigenvalue weighted by atomic mass is 16.5. The smallest absolute Gasteiger partial charge is 0.127 e. The molecule has 0 fully saturated rings. The highest BCUT2D eigenvalue weighted by molar-refractivity contribution is 5.54. The number of ether oxygens (including phenoxy) is 1. The maximum Gasteiger partial charge on any atom is 0.127 e. The van der Waals surface area contributed by atoms with Crippen LogP contribution in [0.15, 0.2) is 43.0 Å². The quantitative estimate of drug-likeness (QED) is 0.923. The molecule has 3 heteroatoms. The summed E-state index contributed by atoms with van der Waals surface area (Å²) in [6.07, 6.45) is 8.69. The molecule has 1 aromatic carbocycles. The third-order valence-corrected chi connectivity index (χ3v) is 3.29. The maximum atomic E-state index is 6.08. The van der Waals surface area contributed by atoms with Crippen molar-refractivity contribution >= 4 is 17.9 Å². The number of hydrogen-bond donors (Lipinski definition) is 1. The third-order valence-electron chi connectivity index (χ3n) is 3.29. The molecule has 2 aromatic rings. The lowest BCUT2D eigenvalue weighted by molar-refractivity contribution is 0.494. The molecule has 1 aromatic heterocycles. The van der Waals surface area contributed by atoms with Crippen molar-refractivity contribution in [1.82, 2.24) is 10.2 Å². The molecule has 100 valence electrons. The molecule has 0 amide bonds. The molecule has 0 saturated carbocycles.